The van der Waals surface area contributed by atoms with E-state index in [1.165, 1.54) is 5.56 Å². The fourth-order valence-electron chi connectivity index (χ4n) is 2.70. The maximum absolute atomic E-state index is 12.7. The number of alkyl halides is 1. The molecular weight excluding hydrogens is 294 g/mol. The Balaban J connectivity index is 2.24. The third-order valence-electron chi connectivity index (χ3n) is 3.82. The van der Waals surface area contributed by atoms with E-state index in [0.29, 0.717) is 17.3 Å². The van der Waals surface area contributed by atoms with Crippen LogP contribution in [-0.2, 0) is 16.4 Å². The fourth-order valence-corrected chi connectivity index (χ4v) is 4.79. The molecule has 0 amide bonds. The van der Waals surface area contributed by atoms with Crippen LogP contribution in [0.15, 0.2) is 29.2 Å². The van der Waals surface area contributed by atoms with Gasteiger partial charge in [-0.25, -0.2) is 8.42 Å². The molecule has 1 aromatic rings. The van der Waals surface area contributed by atoms with Gasteiger partial charge in [0, 0.05) is 18.5 Å². The monoisotopic (exact) mass is 315 g/mol. The maximum Gasteiger partial charge on any atom is 0.243 e. The van der Waals surface area contributed by atoms with Crippen LogP contribution in [0.4, 0.5) is 0 Å². The molecule has 1 fully saturated rings. The van der Waals surface area contributed by atoms with E-state index in [1.54, 1.807) is 16.4 Å². The SMILES string of the molecule is CCCc1ccc(S(=O)(=O)N2CCCCC2CCl)cc1. The first kappa shape index (κ1) is 15.8. The molecule has 1 aliphatic rings. The Labute approximate surface area is 127 Å². The lowest BCUT2D eigenvalue weighted by molar-refractivity contribution is 0.271. The van der Waals surface area contributed by atoms with Gasteiger partial charge in [0.1, 0.15) is 0 Å². The van der Waals surface area contributed by atoms with Gasteiger partial charge < -0.3 is 0 Å². The molecule has 0 aliphatic carbocycles. The van der Waals surface area contributed by atoms with Crippen LogP contribution in [0.3, 0.4) is 0 Å². The predicted octanol–water partition coefficient (Wildman–Crippen LogP) is 3.42. The lowest BCUT2D eigenvalue weighted by Crippen LogP contribution is -2.44. The molecular formula is C15H22ClNO2S. The highest BCUT2D eigenvalue weighted by Crippen LogP contribution is 2.26. The normalized spacial score (nSPS) is 21.0. The largest absolute Gasteiger partial charge is 0.243 e. The molecule has 5 heteroatoms. The second-order valence-electron chi connectivity index (χ2n) is 5.31. The number of rotatable bonds is 5. The highest BCUT2D eigenvalue weighted by atomic mass is 35.5. The number of sulfonamides is 1. The van der Waals surface area contributed by atoms with E-state index < -0.39 is 10.0 Å². The van der Waals surface area contributed by atoms with Crippen molar-refractivity contribution in [2.24, 2.45) is 0 Å². The Morgan fingerprint density at radius 1 is 1.25 bits per heavy atom. The van der Waals surface area contributed by atoms with E-state index in [2.05, 4.69) is 6.92 Å². The third-order valence-corrected chi connectivity index (χ3v) is 6.14. The summed E-state index contributed by atoms with van der Waals surface area (Å²) in [6, 6.07) is 7.21. The van der Waals surface area contributed by atoms with Crippen LogP contribution in [0.1, 0.15) is 38.2 Å². The number of hydrogen-bond donors (Lipinski definition) is 0. The van der Waals surface area contributed by atoms with Crippen molar-refractivity contribution >= 4 is 21.6 Å². The van der Waals surface area contributed by atoms with Crippen molar-refractivity contribution in [2.45, 2.75) is 50.0 Å². The number of nitrogens with zero attached hydrogens (tertiary/aromatic N) is 1. The number of piperidine rings is 1. The predicted molar refractivity (Wildman–Crippen MR) is 82.7 cm³/mol. The van der Waals surface area contributed by atoms with Crippen LogP contribution in [0.2, 0.25) is 0 Å². The van der Waals surface area contributed by atoms with Crippen LogP contribution >= 0.6 is 11.6 Å². The zero-order chi connectivity index (χ0) is 14.6. The number of benzene rings is 1. The smallest absolute Gasteiger partial charge is 0.207 e. The second-order valence-corrected chi connectivity index (χ2v) is 7.51. The van der Waals surface area contributed by atoms with Gasteiger partial charge in [0.15, 0.2) is 0 Å². The van der Waals surface area contributed by atoms with Gasteiger partial charge in [-0.2, -0.15) is 4.31 Å². The van der Waals surface area contributed by atoms with Gasteiger partial charge in [-0.05, 0) is 37.0 Å². The van der Waals surface area contributed by atoms with E-state index in [1.807, 2.05) is 12.1 Å². The first-order valence-corrected chi connectivity index (χ1v) is 9.23. The van der Waals surface area contributed by atoms with Gasteiger partial charge in [-0.3, -0.25) is 0 Å². The molecule has 1 aromatic carbocycles. The zero-order valence-corrected chi connectivity index (χ0v) is 13.5. The molecule has 0 saturated carbocycles. The first-order valence-electron chi connectivity index (χ1n) is 7.26. The van der Waals surface area contributed by atoms with Crippen LogP contribution in [-0.4, -0.2) is 31.2 Å². The summed E-state index contributed by atoms with van der Waals surface area (Å²) in [5.74, 6) is 0.368. The Kier molecular flexibility index (Phi) is 5.47. The summed E-state index contributed by atoms with van der Waals surface area (Å²) in [5.41, 5.74) is 1.18. The summed E-state index contributed by atoms with van der Waals surface area (Å²) in [4.78, 5) is 0.384. The molecule has 3 nitrogen and oxygen atoms in total. The summed E-state index contributed by atoms with van der Waals surface area (Å²) in [7, 11) is -3.41. The maximum atomic E-state index is 12.7. The van der Waals surface area contributed by atoms with Crippen molar-refractivity contribution in [3.8, 4) is 0 Å². The van der Waals surface area contributed by atoms with Crippen molar-refractivity contribution in [1.29, 1.82) is 0 Å². The first-order chi connectivity index (χ1) is 9.59. The van der Waals surface area contributed by atoms with Crippen LogP contribution in [0.25, 0.3) is 0 Å². The van der Waals surface area contributed by atoms with E-state index in [0.717, 1.165) is 32.1 Å². The molecule has 2 rings (SSSR count). The summed E-state index contributed by atoms with van der Waals surface area (Å²) in [6.45, 7) is 2.69. The number of aryl methyl sites for hydroxylation is 1. The Bertz CT molecular complexity index is 527. The minimum atomic E-state index is -3.41. The third kappa shape index (κ3) is 3.35. The Morgan fingerprint density at radius 3 is 2.55 bits per heavy atom. The average Bonchev–Trinajstić information content (AvgIpc) is 2.48. The molecule has 1 heterocycles. The minimum absolute atomic E-state index is 0.0641. The van der Waals surface area contributed by atoms with Gasteiger partial charge in [-0.1, -0.05) is 31.9 Å². The topological polar surface area (TPSA) is 37.4 Å². The highest BCUT2D eigenvalue weighted by Gasteiger charge is 2.32. The molecule has 1 atom stereocenters. The molecule has 0 aromatic heterocycles. The highest BCUT2D eigenvalue weighted by molar-refractivity contribution is 7.89. The lowest BCUT2D eigenvalue weighted by atomic mass is 10.1. The quantitative estimate of drug-likeness (QED) is 0.781. The number of hydrogen-bond acceptors (Lipinski definition) is 2. The average molecular weight is 316 g/mol. The molecule has 0 spiro atoms. The molecule has 0 bridgehead atoms. The molecule has 1 aliphatic heterocycles. The molecule has 112 valence electrons. The van der Waals surface area contributed by atoms with Gasteiger partial charge >= 0.3 is 0 Å². The summed E-state index contributed by atoms with van der Waals surface area (Å²) < 4.78 is 27.0. The zero-order valence-electron chi connectivity index (χ0n) is 11.9. The molecule has 1 unspecified atom stereocenters. The molecule has 20 heavy (non-hydrogen) atoms. The van der Waals surface area contributed by atoms with Gasteiger partial charge in [0.2, 0.25) is 10.0 Å². The van der Waals surface area contributed by atoms with Gasteiger partial charge in [0.05, 0.1) is 4.90 Å². The Hall–Kier alpha value is -0.580. The second kappa shape index (κ2) is 6.92. The molecule has 1 saturated heterocycles. The van der Waals surface area contributed by atoms with E-state index in [4.69, 9.17) is 11.6 Å². The number of halogens is 1. The Morgan fingerprint density at radius 2 is 1.95 bits per heavy atom. The van der Waals surface area contributed by atoms with E-state index in [9.17, 15) is 8.42 Å². The standard InChI is InChI=1S/C15H22ClNO2S/c1-2-5-13-7-9-15(10-8-13)20(18,19)17-11-4-3-6-14(17)12-16/h7-10,14H,2-6,11-12H2,1H3. The van der Waals surface area contributed by atoms with Gasteiger partial charge in [-0.15, -0.1) is 11.6 Å². The molecule has 0 radical (unpaired) electrons. The summed E-state index contributed by atoms with van der Waals surface area (Å²) in [5, 5.41) is 0. The fraction of sp³-hybridized carbons (Fsp3) is 0.600. The summed E-state index contributed by atoms with van der Waals surface area (Å²) >= 11 is 5.93. The summed E-state index contributed by atoms with van der Waals surface area (Å²) in [6.07, 6.45) is 4.87. The van der Waals surface area contributed by atoms with Crippen molar-refractivity contribution < 1.29 is 8.42 Å². The van der Waals surface area contributed by atoms with Crippen LogP contribution in [0, 0.1) is 0 Å². The van der Waals surface area contributed by atoms with E-state index >= 15 is 0 Å². The van der Waals surface area contributed by atoms with Crippen LogP contribution < -0.4 is 0 Å². The van der Waals surface area contributed by atoms with Crippen molar-refractivity contribution in [1.82, 2.24) is 4.31 Å². The van der Waals surface area contributed by atoms with Crippen molar-refractivity contribution in [3.05, 3.63) is 29.8 Å². The van der Waals surface area contributed by atoms with Gasteiger partial charge in [0.25, 0.3) is 0 Å². The van der Waals surface area contributed by atoms with Crippen LogP contribution in [0.5, 0.6) is 0 Å². The lowest BCUT2D eigenvalue weighted by Gasteiger charge is -2.33. The minimum Gasteiger partial charge on any atom is -0.207 e. The van der Waals surface area contributed by atoms with Crippen molar-refractivity contribution in [3.63, 3.8) is 0 Å². The van der Waals surface area contributed by atoms with E-state index in [-0.39, 0.29) is 6.04 Å². The molecule has 0 N–H and O–H groups in total. The van der Waals surface area contributed by atoms with Crippen molar-refractivity contribution in [2.75, 3.05) is 12.4 Å².